The third kappa shape index (κ3) is 3.92. The molecular formula is C23H22N6S. The molecule has 30 heavy (non-hydrogen) atoms. The van der Waals surface area contributed by atoms with Crippen molar-refractivity contribution in [1.82, 2.24) is 19.9 Å². The third-order valence-corrected chi connectivity index (χ3v) is 6.43. The van der Waals surface area contributed by atoms with Gasteiger partial charge in [0.2, 0.25) is 0 Å². The molecule has 3 aromatic heterocycles. The van der Waals surface area contributed by atoms with Gasteiger partial charge in [0.05, 0.1) is 17.6 Å². The Morgan fingerprint density at radius 1 is 1.27 bits per heavy atom. The molecule has 1 fully saturated rings. The highest BCUT2D eigenvalue weighted by Gasteiger charge is 2.24. The second-order valence-corrected chi connectivity index (χ2v) is 8.53. The van der Waals surface area contributed by atoms with Crippen LogP contribution >= 0.6 is 11.3 Å². The highest BCUT2D eigenvalue weighted by molar-refractivity contribution is 7.13. The lowest BCUT2D eigenvalue weighted by Crippen LogP contribution is -2.34. The summed E-state index contributed by atoms with van der Waals surface area (Å²) in [5.74, 6) is 0.454. The van der Waals surface area contributed by atoms with Crippen molar-refractivity contribution in [2.24, 2.45) is 0 Å². The average molecular weight is 415 g/mol. The number of H-pyrrole nitrogens is 1. The van der Waals surface area contributed by atoms with Gasteiger partial charge < -0.3 is 10.3 Å². The van der Waals surface area contributed by atoms with Gasteiger partial charge in [-0.15, -0.1) is 11.3 Å². The van der Waals surface area contributed by atoms with Gasteiger partial charge in [-0.1, -0.05) is 12.1 Å². The van der Waals surface area contributed by atoms with Gasteiger partial charge in [-0.2, -0.15) is 5.26 Å². The summed E-state index contributed by atoms with van der Waals surface area (Å²) in [6, 6.07) is 14.3. The molecule has 5 rings (SSSR count). The van der Waals surface area contributed by atoms with Gasteiger partial charge in [-0.3, -0.25) is 4.90 Å². The van der Waals surface area contributed by atoms with Crippen LogP contribution in [0, 0.1) is 11.3 Å². The number of nitriles is 1. The van der Waals surface area contributed by atoms with Crippen molar-refractivity contribution >= 4 is 33.1 Å². The number of aromatic nitrogens is 3. The number of fused-ring (bicyclic) bond motifs is 1. The van der Waals surface area contributed by atoms with Crippen molar-refractivity contribution in [1.29, 1.82) is 5.26 Å². The van der Waals surface area contributed by atoms with E-state index in [1.807, 2.05) is 18.3 Å². The minimum Gasteiger partial charge on any atom is -0.361 e. The number of likely N-dealkylation sites (tertiary alicyclic amines) is 1. The third-order valence-electron chi connectivity index (χ3n) is 5.65. The molecule has 0 bridgehead atoms. The van der Waals surface area contributed by atoms with Crippen molar-refractivity contribution < 1.29 is 0 Å². The van der Waals surface area contributed by atoms with Gasteiger partial charge in [-0.25, -0.2) is 9.97 Å². The molecule has 0 amide bonds. The molecule has 1 aliphatic heterocycles. The van der Waals surface area contributed by atoms with Gasteiger partial charge in [-0.05, 0) is 49.2 Å². The minimum absolute atomic E-state index is 0.415. The van der Waals surface area contributed by atoms with Crippen LogP contribution in [0.4, 0.5) is 10.8 Å². The Labute approximate surface area is 179 Å². The molecule has 150 valence electrons. The second-order valence-electron chi connectivity index (χ2n) is 7.68. The topological polar surface area (TPSA) is 80.6 Å². The Balaban J connectivity index is 1.26. The zero-order valence-corrected chi connectivity index (χ0v) is 17.3. The van der Waals surface area contributed by atoms with Crippen LogP contribution in [0.1, 0.15) is 35.7 Å². The van der Waals surface area contributed by atoms with Crippen molar-refractivity contribution in [2.75, 3.05) is 18.4 Å². The first-order chi connectivity index (χ1) is 14.8. The summed E-state index contributed by atoms with van der Waals surface area (Å²) in [7, 11) is 0. The highest BCUT2D eigenvalue weighted by Crippen LogP contribution is 2.31. The van der Waals surface area contributed by atoms with Gasteiger partial charge in [0.15, 0.2) is 5.13 Å². The normalized spacial score (nSPS) is 17.1. The first-order valence-electron chi connectivity index (χ1n) is 10.1. The molecule has 6 nitrogen and oxygen atoms in total. The summed E-state index contributed by atoms with van der Waals surface area (Å²) in [4.78, 5) is 14.8. The Kier molecular flexibility index (Phi) is 5.18. The van der Waals surface area contributed by atoms with Gasteiger partial charge in [0.1, 0.15) is 11.8 Å². The second kappa shape index (κ2) is 8.27. The van der Waals surface area contributed by atoms with E-state index in [1.54, 1.807) is 23.6 Å². The lowest BCUT2D eigenvalue weighted by molar-refractivity contribution is 0.199. The van der Waals surface area contributed by atoms with E-state index in [1.165, 1.54) is 29.3 Å². The number of anilines is 2. The number of rotatable bonds is 5. The average Bonchev–Trinajstić information content (AvgIpc) is 3.45. The molecule has 7 heteroatoms. The SMILES string of the molecule is N#Cc1ccc(Nc2nc([C@@H]3CCCN(Cc4cccc5[nH]ccc45)C3)cs2)cn1. The van der Waals surface area contributed by atoms with Gasteiger partial charge in [0, 0.05) is 41.5 Å². The quantitative estimate of drug-likeness (QED) is 0.480. The van der Waals surface area contributed by atoms with E-state index < -0.39 is 0 Å². The maximum atomic E-state index is 8.87. The zero-order chi connectivity index (χ0) is 20.3. The van der Waals surface area contributed by atoms with Crippen molar-refractivity contribution in [3.8, 4) is 6.07 Å². The van der Waals surface area contributed by atoms with Crippen LogP contribution in [-0.4, -0.2) is 32.9 Å². The largest absolute Gasteiger partial charge is 0.361 e. The maximum Gasteiger partial charge on any atom is 0.187 e. The standard InChI is InChI=1S/C23H22N6S/c24-11-18-6-7-19(12-26-18)27-23-28-22(15-30-23)17-4-2-10-29(14-17)13-16-3-1-5-21-20(16)8-9-25-21/h1,3,5-9,12,15,17,25H,2,4,10,13-14H2,(H,27,28)/t17-/m1/s1. The molecule has 0 saturated carbocycles. The van der Waals surface area contributed by atoms with Crippen LogP contribution < -0.4 is 5.32 Å². The molecular weight excluding hydrogens is 392 g/mol. The van der Waals surface area contributed by atoms with Crippen LogP contribution in [0.15, 0.2) is 54.2 Å². The molecule has 1 saturated heterocycles. The van der Waals surface area contributed by atoms with E-state index in [0.717, 1.165) is 36.1 Å². The van der Waals surface area contributed by atoms with Crippen molar-refractivity contribution in [3.63, 3.8) is 0 Å². The fraction of sp³-hybridized carbons (Fsp3) is 0.261. The summed E-state index contributed by atoms with van der Waals surface area (Å²) in [6.45, 7) is 3.13. The lowest BCUT2D eigenvalue weighted by Gasteiger charge is -2.32. The number of pyridine rings is 1. The number of thiazole rings is 1. The first-order valence-corrected chi connectivity index (χ1v) is 11.0. The van der Waals surface area contributed by atoms with E-state index in [-0.39, 0.29) is 0 Å². The smallest absolute Gasteiger partial charge is 0.187 e. The van der Waals surface area contributed by atoms with Crippen molar-refractivity contribution in [3.05, 3.63) is 71.1 Å². The number of nitrogens with zero attached hydrogens (tertiary/aromatic N) is 4. The Morgan fingerprint density at radius 2 is 2.23 bits per heavy atom. The fourth-order valence-corrected chi connectivity index (χ4v) is 4.97. The summed E-state index contributed by atoms with van der Waals surface area (Å²) >= 11 is 1.62. The highest BCUT2D eigenvalue weighted by atomic mass is 32.1. The summed E-state index contributed by atoms with van der Waals surface area (Å²) in [5, 5.41) is 16.5. The fourth-order valence-electron chi connectivity index (χ4n) is 4.16. The Morgan fingerprint density at radius 3 is 3.10 bits per heavy atom. The monoisotopic (exact) mass is 414 g/mol. The predicted molar refractivity (Wildman–Crippen MR) is 120 cm³/mol. The van der Waals surface area contributed by atoms with Gasteiger partial charge in [0.25, 0.3) is 0 Å². The summed E-state index contributed by atoms with van der Waals surface area (Å²) < 4.78 is 0. The molecule has 1 atom stereocenters. The number of nitrogens with one attached hydrogen (secondary N) is 2. The van der Waals surface area contributed by atoms with Gasteiger partial charge >= 0.3 is 0 Å². The molecule has 1 aliphatic rings. The molecule has 0 spiro atoms. The maximum absolute atomic E-state index is 8.87. The molecule has 1 aromatic carbocycles. The molecule has 0 radical (unpaired) electrons. The van der Waals surface area contributed by atoms with E-state index >= 15 is 0 Å². The summed E-state index contributed by atoms with van der Waals surface area (Å²) in [5.41, 5.74) is 5.00. The lowest BCUT2D eigenvalue weighted by atomic mass is 9.95. The van der Waals surface area contributed by atoms with E-state index in [4.69, 9.17) is 10.2 Å². The van der Waals surface area contributed by atoms with E-state index in [2.05, 4.69) is 49.8 Å². The van der Waals surface area contributed by atoms with Crippen LogP contribution in [0.2, 0.25) is 0 Å². The van der Waals surface area contributed by atoms with Crippen LogP contribution in [0.3, 0.4) is 0 Å². The molecule has 4 heterocycles. The zero-order valence-electron chi connectivity index (χ0n) is 16.5. The van der Waals surface area contributed by atoms with Crippen LogP contribution in [0.5, 0.6) is 0 Å². The van der Waals surface area contributed by atoms with Crippen molar-refractivity contribution in [2.45, 2.75) is 25.3 Å². The number of hydrogen-bond donors (Lipinski definition) is 2. The molecule has 0 aliphatic carbocycles. The number of aromatic amines is 1. The van der Waals surface area contributed by atoms with E-state index in [0.29, 0.717) is 11.6 Å². The number of benzene rings is 1. The summed E-state index contributed by atoms with van der Waals surface area (Å²) in [6.07, 6.45) is 6.05. The molecule has 4 aromatic rings. The minimum atomic E-state index is 0.415. The Hall–Kier alpha value is -3.21. The van der Waals surface area contributed by atoms with E-state index in [9.17, 15) is 0 Å². The van der Waals surface area contributed by atoms with Crippen LogP contribution in [0.25, 0.3) is 10.9 Å². The first kappa shape index (κ1) is 18.8. The predicted octanol–water partition coefficient (Wildman–Crippen LogP) is 5.01. The molecule has 0 unspecified atom stereocenters. The number of piperidine rings is 1. The molecule has 2 N–H and O–H groups in total. The number of hydrogen-bond acceptors (Lipinski definition) is 6. The Bertz CT molecular complexity index is 1190. The van der Waals surface area contributed by atoms with Crippen LogP contribution in [-0.2, 0) is 6.54 Å².